The fourth-order valence-corrected chi connectivity index (χ4v) is 1.99. The second-order valence-electron chi connectivity index (χ2n) is 4.62. The Morgan fingerprint density at radius 3 is 2.67 bits per heavy atom. The minimum Gasteiger partial charge on any atom is -0.393 e. The summed E-state index contributed by atoms with van der Waals surface area (Å²) in [4.78, 5) is 15.4. The molecule has 0 saturated carbocycles. The van der Waals surface area contributed by atoms with Crippen molar-refractivity contribution in [2.45, 2.75) is 31.0 Å². The summed E-state index contributed by atoms with van der Waals surface area (Å²) in [7, 11) is 3.10. The molecule has 1 fully saturated rings. The van der Waals surface area contributed by atoms with Crippen molar-refractivity contribution in [3.05, 3.63) is 22.7 Å². The second-order valence-corrected chi connectivity index (χ2v) is 4.62. The van der Waals surface area contributed by atoms with Crippen molar-refractivity contribution >= 4 is 5.82 Å². The Kier molecular flexibility index (Phi) is 5.78. The number of nitrogens with one attached hydrogen (secondary N) is 1. The Labute approximate surface area is 121 Å². The average molecular weight is 304 g/mol. The molecule has 21 heavy (non-hydrogen) atoms. The average Bonchev–Trinajstić information content (AvgIpc) is 2.74. The highest BCUT2D eigenvalue weighted by Gasteiger charge is 2.53. The number of nitrogens with zero attached hydrogens (tertiary/aromatic N) is 2. The smallest absolute Gasteiger partial charge is 0.351 e. The maximum Gasteiger partial charge on any atom is 0.351 e. The van der Waals surface area contributed by atoms with Gasteiger partial charge in [0.2, 0.25) is 0 Å². The molecule has 1 aromatic rings. The molecule has 0 aromatic carbocycles. The Hall–Kier alpha value is -1.55. The van der Waals surface area contributed by atoms with Crippen molar-refractivity contribution in [1.82, 2.24) is 9.55 Å². The number of halogens is 1. The van der Waals surface area contributed by atoms with Crippen LogP contribution in [0, 0.1) is 0 Å². The molecular formula is C12H21FN4O4. The van der Waals surface area contributed by atoms with E-state index in [0.717, 1.165) is 4.57 Å². The number of anilines is 1. The minimum absolute atomic E-state index is 0.347. The van der Waals surface area contributed by atoms with E-state index in [0.29, 0.717) is 5.82 Å². The molecule has 0 radical (unpaired) electrons. The van der Waals surface area contributed by atoms with Gasteiger partial charge in [0.1, 0.15) is 17.5 Å². The highest BCUT2D eigenvalue weighted by molar-refractivity contribution is 5.30. The van der Waals surface area contributed by atoms with Crippen LogP contribution in [0.25, 0.3) is 0 Å². The second kappa shape index (κ2) is 6.94. The van der Waals surface area contributed by atoms with Crippen LogP contribution in [0.5, 0.6) is 0 Å². The molecule has 0 aliphatic carbocycles. The van der Waals surface area contributed by atoms with Crippen LogP contribution in [0.1, 0.15) is 13.2 Å². The Morgan fingerprint density at radius 1 is 1.62 bits per heavy atom. The number of hydrogen-bond acceptors (Lipinski definition) is 7. The van der Waals surface area contributed by atoms with Crippen molar-refractivity contribution in [3.63, 3.8) is 0 Å². The highest BCUT2D eigenvalue weighted by atomic mass is 19.1. The van der Waals surface area contributed by atoms with Gasteiger partial charge in [0.15, 0.2) is 12.4 Å². The Bertz CT molecular complexity index is 526. The van der Waals surface area contributed by atoms with Gasteiger partial charge in [-0.1, -0.05) is 0 Å². The summed E-state index contributed by atoms with van der Waals surface area (Å²) in [6.45, 7) is 0.826. The largest absolute Gasteiger partial charge is 0.393 e. The van der Waals surface area contributed by atoms with Crippen LogP contribution in [0.3, 0.4) is 0 Å². The summed E-state index contributed by atoms with van der Waals surface area (Å²) in [5.41, 5.74) is 2.36. The molecule has 0 unspecified atom stereocenters. The van der Waals surface area contributed by atoms with Crippen LogP contribution in [-0.4, -0.2) is 58.3 Å². The van der Waals surface area contributed by atoms with E-state index in [1.165, 1.54) is 26.2 Å². The van der Waals surface area contributed by atoms with Crippen molar-refractivity contribution in [1.29, 1.82) is 0 Å². The van der Waals surface area contributed by atoms with Crippen LogP contribution in [-0.2, 0) is 4.74 Å². The van der Waals surface area contributed by atoms with E-state index in [-0.39, 0.29) is 0 Å². The number of nitrogens with two attached hydrogens (primary N) is 1. The molecule has 2 rings (SSSR count). The number of alkyl halides is 1. The zero-order valence-corrected chi connectivity index (χ0v) is 12.2. The van der Waals surface area contributed by atoms with E-state index >= 15 is 0 Å². The van der Waals surface area contributed by atoms with E-state index in [1.807, 2.05) is 0 Å². The lowest BCUT2D eigenvalue weighted by atomic mass is 9.99. The lowest BCUT2D eigenvalue weighted by Crippen LogP contribution is -2.42. The minimum atomic E-state index is -1.82. The number of ether oxygens (including phenoxy) is 1. The highest BCUT2D eigenvalue weighted by Crippen LogP contribution is 2.37. The topological polar surface area (TPSA) is 123 Å². The lowest BCUT2D eigenvalue weighted by molar-refractivity contribution is -0.117. The van der Waals surface area contributed by atoms with Gasteiger partial charge in [0, 0.05) is 13.2 Å². The first-order valence-corrected chi connectivity index (χ1v) is 6.38. The van der Waals surface area contributed by atoms with E-state index in [4.69, 9.17) is 9.84 Å². The van der Waals surface area contributed by atoms with Crippen molar-refractivity contribution in [2.24, 2.45) is 5.73 Å². The van der Waals surface area contributed by atoms with Gasteiger partial charge in [-0.2, -0.15) is 4.98 Å². The predicted octanol–water partition coefficient (Wildman–Crippen LogP) is -1.16. The molecule has 0 spiro atoms. The first-order chi connectivity index (χ1) is 9.92. The number of aromatic nitrogens is 2. The maximum absolute atomic E-state index is 14.0. The maximum atomic E-state index is 14.0. The van der Waals surface area contributed by atoms with Gasteiger partial charge in [0.25, 0.3) is 0 Å². The first kappa shape index (κ1) is 17.5. The number of aliphatic hydroxyl groups excluding tert-OH is 2. The fraction of sp³-hybridized carbons (Fsp3) is 0.667. The van der Waals surface area contributed by atoms with Gasteiger partial charge >= 0.3 is 5.69 Å². The molecule has 4 atom stereocenters. The monoisotopic (exact) mass is 304 g/mol. The SMILES string of the molecule is CN.CNc1ccn([C@@H]2O[C@](C)(CO)[C@@H](O)[C@H]2F)c(=O)n1. The Balaban J connectivity index is 0.00000106. The number of rotatable bonds is 3. The molecule has 9 heteroatoms. The molecule has 1 aliphatic heterocycles. The van der Waals surface area contributed by atoms with Crippen molar-refractivity contribution in [2.75, 3.05) is 26.0 Å². The summed E-state index contributed by atoms with van der Waals surface area (Å²) in [5, 5.41) is 21.6. The molecule has 1 aromatic heterocycles. The Morgan fingerprint density at radius 2 is 2.24 bits per heavy atom. The van der Waals surface area contributed by atoms with Gasteiger partial charge in [-0.15, -0.1) is 0 Å². The van der Waals surface area contributed by atoms with Gasteiger partial charge < -0.3 is 26.0 Å². The van der Waals surface area contributed by atoms with Crippen molar-refractivity contribution in [3.8, 4) is 0 Å². The third-order valence-corrected chi connectivity index (χ3v) is 3.26. The summed E-state index contributed by atoms with van der Waals surface area (Å²) in [5.74, 6) is 0.347. The standard InChI is InChI=1S/C11H16FN3O4.CH5N/c1-11(5-16)8(17)7(12)9(19-11)15-4-3-6(13-2)14-10(15)18;1-2/h3-4,7-9,16-17H,5H2,1-2H3,(H,13,14,18);2H2,1H3/t7-,8+,9-,11-;/m1./s1. The van der Waals surface area contributed by atoms with Crippen LogP contribution < -0.4 is 16.7 Å². The van der Waals surface area contributed by atoms with Crippen LogP contribution in [0.2, 0.25) is 0 Å². The van der Waals surface area contributed by atoms with E-state index in [1.54, 1.807) is 7.05 Å². The lowest BCUT2D eigenvalue weighted by Gasteiger charge is -2.24. The fourth-order valence-electron chi connectivity index (χ4n) is 1.99. The predicted molar refractivity (Wildman–Crippen MR) is 74.7 cm³/mol. The van der Waals surface area contributed by atoms with Crippen molar-refractivity contribution < 1.29 is 19.3 Å². The van der Waals surface area contributed by atoms with Crippen LogP contribution in [0.15, 0.2) is 17.1 Å². The summed E-state index contributed by atoms with van der Waals surface area (Å²) < 4.78 is 20.3. The van der Waals surface area contributed by atoms with E-state index < -0.39 is 36.4 Å². The molecule has 1 saturated heterocycles. The van der Waals surface area contributed by atoms with Gasteiger partial charge in [0.05, 0.1) is 6.61 Å². The molecule has 120 valence electrons. The molecular weight excluding hydrogens is 283 g/mol. The molecule has 5 N–H and O–H groups in total. The van der Waals surface area contributed by atoms with Crippen LogP contribution >= 0.6 is 0 Å². The van der Waals surface area contributed by atoms with Crippen LogP contribution in [0.4, 0.5) is 10.2 Å². The molecule has 0 bridgehead atoms. The summed E-state index contributed by atoms with van der Waals surface area (Å²) >= 11 is 0. The molecule has 0 amide bonds. The summed E-state index contributed by atoms with van der Waals surface area (Å²) in [6, 6.07) is 1.48. The quantitative estimate of drug-likeness (QED) is 0.555. The zero-order valence-electron chi connectivity index (χ0n) is 12.2. The van der Waals surface area contributed by atoms with E-state index in [9.17, 15) is 14.3 Å². The van der Waals surface area contributed by atoms with Gasteiger partial charge in [-0.3, -0.25) is 4.57 Å². The third kappa shape index (κ3) is 3.21. The third-order valence-electron chi connectivity index (χ3n) is 3.26. The van der Waals surface area contributed by atoms with Gasteiger partial charge in [-0.05, 0) is 20.0 Å². The molecule has 8 nitrogen and oxygen atoms in total. The summed E-state index contributed by atoms with van der Waals surface area (Å²) in [6.07, 6.45) is -3.32. The van der Waals surface area contributed by atoms with Gasteiger partial charge in [-0.25, -0.2) is 9.18 Å². The number of hydrogen-bond donors (Lipinski definition) is 4. The number of aliphatic hydroxyl groups is 2. The normalized spacial score (nSPS) is 31.5. The molecule has 1 aliphatic rings. The molecule has 2 heterocycles. The first-order valence-electron chi connectivity index (χ1n) is 6.38. The van der Waals surface area contributed by atoms with E-state index in [2.05, 4.69) is 16.0 Å². The zero-order chi connectivity index (χ0) is 16.2.